The molecule has 0 saturated carbocycles. The molecular weight excluding hydrogens is 200 g/mol. The maximum Gasteiger partial charge on any atom is 0.00227 e. The SMILES string of the molecule is CCS(C)(Cc1ccccc1)CC(C)C. The zero-order valence-corrected chi connectivity index (χ0v) is 11.3. The van der Waals surface area contributed by atoms with Crippen molar-refractivity contribution in [2.24, 2.45) is 5.92 Å². The van der Waals surface area contributed by atoms with Crippen LogP contribution in [0.4, 0.5) is 0 Å². The fourth-order valence-corrected chi connectivity index (χ4v) is 5.22. The van der Waals surface area contributed by atoms with Crippen LogP contribution in [0.1, 0.15) is 26.3 Å². The van der Waals surface area contributed by atoms with Crippen molar-refractivity contribution >= 4 is 10.0 Å². The van der Waals surface area contributed by atoms with Crippen LogP contribution in [0.3, 0.4) is 0 Å². The number of benzene rings is 1. The van der Waals surface area contributed by atoms with Crippen LogP contribution >= 0.6 is 10.0 Å². The molecule has 86 valence electrons. The zero-order valence-electron chi connectivity index (χ0n) is 10.5. The molecule has 0 N–H and O–H groups in total. The zero-order chi connectivity index (χ0) is 11.3. The van der Waals surface area contributed by atoms with Gasteiger partial charge in [-0.15, -0.1) is 0 Å². The number of rotatable bonds is 5. The van der Waals surface area contributed by atoms with Gasteiger partial charge in [-0.05, 0) is 29.2 Å². The van der Waals surface area contributed by atoms with Crippen molar-refractivity contribution in [3.8, 4) is 0 Å². The Kier molecular flexibility index (Phi) is 4.72. The molecule has 1 atom stereocenters. The molecule has 0 amide bonds. The Morgan fingerprint density at radius 3 is 2.20 bits per heavy atom. The van der Waals surface area contributed by atoms with Crippen LogP contribution in [0.5, 0.6) is 0 Å². The van der Waals surface area contributed by atoms with Crippen molar-refractivity contribution in [3.63, 3.8) is 0 Å². The molecule has 0 fully saturated rings. The Morgan fingerprint density at radius 2 is 1.73 bits per heavy atom. The molecule has 0 aromatic heterocycles. The predicted octanol–water partition coefficient (Wildman–Crippen LogP) is 4.30. The minimum Gasteiger partial charge on any atom is -0.240 e. The number of hydrogen-bond donors (Lipinski definition) is 0. The Hall–Kier alpha value is -0.430. The van der Waals surface area contributed by atoms with Crippen molar-refractivity contribution in [3.05, 3.63) is 35.9 Å². The van der Waals surface area contributed by atoms with E-state index in [1.807, 2.05) is 0 Å². The summed E-state index contributed by atoms with van der Waals surface area (Å²) in [6.45, 7) is 7.03. The molecule has 0 nitrogen and oxygen atoms in total. The molecule has 0 radical (unpaired) electrons. The molecule has 0 aliphatic heterocycles. The average Bonchev–Trinajstić information content (AvgIpc) is 2.18. The first-order valence-corrected chi connectivity index (χ1v) is 8.36. The molecule has 1 aromatic rings. The van der Waals surface area contributed by atoms with E-state index >= 15 is 0 Å². The normalized spacial score (nSPS) is 17.4. The third kappa shape index (κ3) is 4.29. The van der Waals surface area contributed by atoms with E-state index in [0.29, 0.717) is 0 Å². The fourth-order valence-electron chi connectivity index (χ4n) is 2.06. The minimum atomic E-state index is -0.429. The Balaban J connectivity index is 2.68. The maximum absolute atomic E-state index is 2.50. The van der Waals surface area contributed by atoms with Crippen molar-refractivity contribution < 1.29 is 0 Å². The van der Waals surface area contributed by atoms with Gasteiger partial charge in [0.2, 0.25) is 0 Å². The van der Waals surface area contributed by atoms with Gasteiger partial charge in [0.05, 0.1) is 0 Å². The molecule has 1 heteroatoms. The smallest absolute Gasteiger partial charge is 0.00227 e. The highest BCUT2D eigenvalue weighted by Crippen LogP contribution is 2.48. The third-order valence-electron chi connectivity index (χ3n) is 2.79. The second kappa shape index (κ2) is 5.60. The van der Waals surface area contributed by atoms with Crippen LogP contribution in [-0.4, -0.2) is 17.8 Å². The molecule has 1 unspecified atom stereocenters. The summed E-state index contributed by atoms with van der Waals surface area (Å²) in [4.78, 5) is 0. The summed E-state index contributed by atoms with van der Waals surface area (Å²) in [6.07, 6.45) is 2.50. The molecule has 1 aromatic carbocycles. The molecule has 0 bridgehead atoms. The topological polar surface area (TPSA) is 0 Å². The van der Waals surface area contributed by atoms with E-state index in [9.17, 15) is 0 Å². The van der Waals surface area contributed by atoms with Gasteiger partial charge in [-0.1, -0.05) is 51.1 Å². The molecule has 0 aliphatic rings. The van der Waals surface area contributed by atoms with Gasteiger partial charge in [-0.3, -0.25) is 0 Å². The molecular formula is C14H24S. The third-order valence-corrected chi connectivity index (χ3v) is 6.69. The fraction of sp³-hybridized carbons (Fsp3) is 0.571. The second-order valence-electron chi connectivity index (χ2n) is 4.96. The van der Waals surface area contributed by atoms with Crippen molar-refractivity contribution in [2.45, 2.75) is 26.5 Å². The van der Waals surface area contributed by atoms with Gasteiger partial charge >= 0.3 is 0 Å². The lowest BCUT2D eigenvalue weighted by Crippen LogP contribution is -2.13. The van der Waals surface area contributed by atoms with Crippen LogP contribution in [0.25, 0.3) is 0 Å². The van der Waals surface area contributed by atoms with E-state index in [0.717, 1.165) is 5.92 Å². The molecule has 0 aliphatic carbocycles. The molecule has 15 heavy (non-hydrogen) atoms. The standard InChI is InChI=1S/C14H24S/c1-5-15(4,11-13(2)3)12-14-9-7-6-8-10-14/h6-10,13H,5,11-12H2,1-4H3. The number of hydrogen-bond acceptors (Lipinski definition) is 0. The van der Waals surface area contributed by atoms with Gasteiger partial charge < -0.3 is 0 Å². The highest BCUT2D eigenvalue weighted by Gasteiger charge is 2.17. The van der Waals surface area contributed by atoms with Gasteiger partial charge in [0, 0.05) is 5.75 Å². The van der Waals surface area contributed by atoms with Crippen LogP contribution in [0, 0.1) is 5.92 Å². The predicted molar refractivity (Wildman–Crippen MR) is 73.9 cm³/mol. The van der Waals surface area contributed by atoms with Crippen LogP contribution in [-0.2, 0) is 5.75 Å². The first kappa shape index (κ1) is 12.6. The Morgan fingerprint density at radius 1 is 1.13 bits per heavy atom. The van der Waals surface area contributed by atoms with Crippen LogP contribution in [0.2, 0.25) is 0 Å². The van der Waals surface area contributed by atoms with E-state index < -0.39 is 10.0 Å². The average molecular weight is 224 g/mol. The summed E-state index contributed by atoms with van der Waals surface area (Å²) in [5, 5.41) is 0. The minimum absolute atomic E-state index is 0.429. The lowest BCUT2D eigenvalue weighted by atomic mass is 10.2. The lowest BCUT2D eigenvalue weighted by Gasteiger charge is -2.36. The summed E-state index contributed by atoms with van der Waals surface area (Å²) in [5.41, 5.74) is 1.51. The van der Waals surface area contributed by atoms with Crippen molar-refractivity contribution in [1.29, 1.82) is 0 Å². The van der Waals surface area contributed by atoms with Crippen molar-refractivity contribution in [2.75, 3.05) is 17.8 Å². The molecule has 0 spiro atoms. The van der Waals surface area contributed by atoms with E-state index in [1.165, 1.54) is 22.8 Å². The first-order valence-electron chi connectivity index (χ1n) is 5.81. The van der Waals surface area contributed by atoms with Crippen LogP contribution in [0.15, 0.2) is 30.3 Å². The largest absolute Gasteiger partial charge is 0.240 e. The quantitative estimate of drug-likeness (QED) is 0.699. The summed E-state index contributed by atoms with van der Waals surface area (Å²) in [6, 6.07) is 10.9. The highest BCUT2D eigenvalue weighted by atomic mass is 32.3. The molecule has 0 heterocycles. The summed E-state index contributed by atoms with van der Waals surface area (Å²) < 4.78 is 0. The Bertz CT molecular complexity index is 279. The van der Waals surface area contributed by atoms with Crippen LogP contribution < -0.4 is 0 Å². The summed E-state index contributed by atoms with van der Waals surface area (Å²) in [5.74, 6) is 4.87. The van der Waals surface area contributed by atoms with E-state index in [-0.39, 0.29) is 0 Å². The van der Waals surface area contributed by atoms with Gasteiger partial charge in [0.15, 0.2) is 0 Å². The van der Waals surface area contributed by atoms with E-state index in [2.05, 4.69) is 57.4 Å². The molecule has 1 rings (SSSR count). The second-order valence-corrected chi connectivity index (χ2v) is 9.11. The van der Waals surface area contributed by atoms with Crippen molar-refractivity contribution in [1.82, 2.24) is 0 Å². The van der Waals surface area contributed by atoms with Gasteiger partial charge in [-0.2, -0.15) is 0 Å². The Labute approximate surface area is 96.4 Å². The molecule has 0 saturated heterocycles. The monoisotopic (exact) mass is 224 g/mol. The maximum atomic E-state index is 2.50. The summed E-state index contributed by atoms with van der Waals surface area (Å²) in [7, 11) is -0.429. The van der Waals surface area contributed by atoms with Gasteiger partial charge in [0.25, 0.3) is 0 Å². The summed E-state index contributed by atoms with van der Waals surface area (Å²) >= 11 is 0. The van der Waals surface area contributed by atoms with Gasteiger partial charge in [0.1, 0.15) is 0 Å². The van der Waals surface area contributed by atoms with E-state index in [4.69, 9.17) is 0 Å². The lowest BCUT2D eigenvalue weighted by molar-refractivity contribution is 0.744. The van der Waals surface area contributed by atoms with E-state index in [1.54, 1.807) is 0 Å². The first-order chi connectivity index (χ1) is 7.06. The van der Waals surface area contributed by atoms with Gasteiger partial charge in [-0.25, -0.2) is 10.0 Å². The highest BCUT2D eigenvalue weighted by molar-refractivity contribution is 8.32.